The van der Waals surface area contributed by atoms with E-state index in [4.69, 9.17) is 16.0 Å². The normalized spacial score (nSPS) is 10.5. The fourth-order valence-corrected chi connectivity index (χ4v) is 1.94. The summed E-state index contributed by atoms with van der Waals surface area (Å²) in [6, 6.07) is 7.81. The van der Waals surface area contributed by atoms with Crippen molar-refractivity contribution in [3.63, 3.8) is 0 Å². The lowest BCUT2D eigenvalue weighted by Crippen LogP contribution is -1.81. The Bertz CT molecular complexity index is 467. The molecule has 4 heteroatoms. The molecule has 0 aliphatic carbocycles. The molecule has 1 aromatic heterocycles. The van der Waals surface area contributed by atoms with Gasteiger partial charge in [0.2, 0.25) is 0 Å². The maximum atomic E-state index is 5.67. The van der Waals surface area contributed by atoms with E-state index in [1.165, 1.54) is 0 Å². The molecule has 2 aromatic rings. The van der Waals surface area contributed by atoms with E-state index in [2.05, 4.69) is 20.9 Å². The number of benzene rings is 1. The average Bonchev–Trinajstić information content (AvgIpc) is 2.46. The third-order valence-electron chi connectivity index (χ3n) is 1.90. The monoisotopic (exact) mass is 271 g/mol. The van der Waals surface area contributed by atoms with Gasteiger partial charge in [0, 0.05) is 10.0 Å². The maximum absolute atomic E-state index is 5.67. The molecule has 0 bridgehead atoms. The van der Waals surface area contributed by atoms with Crippen LogP contribution in [0.1, 0.15) is 5.76 Å². The number of rotatable bonds is 1. The Hall–Kier alpha value is -0.800. The number of oxazole rings is 1. The topological polar surface area (TPSA) is 26.0 Å². The fraction of sp³-hybridized carbons (Fsp3) is 0.100. The van der Waals surface area contributed by atoms with E-state index in [1.54, 1.807) is 0 Å². The first-order valence-corrected chi connectivity index (χ1v) is 5.23. The molecule has 0 spiro atoms. The zero-order chi connectivity index (χ0) is 10.1. The van der Waals surface area contributed by atoms with Crippen LogP contribution in [0.15, 0.2) is 33.2 Å². The molecule has 0 amide bonds. The lowest BCUT2D eigenvalue weighted by Gasteiger charge is -1.99. The molecule has 0 aliphatic heterocycles. The Kier molecular flexibility index (Phi) is 2.61. The summed E-state index contributed by atoms with van der Waals surface area (Å²) in [6.45, 7) is 1.84. The van der Waals surface area contributed by atoms with Crippen LogP contribution >= 0.6 is 27.5 Å². The Morgan fingerprint density at radius 1 is 1.36 bits per heavy atom. The number of hydrogen-bond donors (Lipinski definition) is 0. The summed E-state index contributed by atoms with van der Waals surface area (Å²) in [5.41, 5.74) is 1.77. The van der Waals surface area contributed by atoms with Crippen molar-refractivity contribution in [1.29, 1.82) is 0 Å². The smallest absolute Gasteiger partial charge is 0.292 e. The quantitative estimate of drug-likeness (QED) is 0.782. The van der Waals surface area contributed by atoms with Crippen molar-refractivity contribution in [1.82, 2.24) is 4.98 Å². The SMILES string of the molecule is Cc1oc(Cl)nc1-c1ccccc1Br. The first kappa shape index (κ1) is 9.74. The minimum absolute atomic E-state index is 0.174. The molecule has 72 valence electrons. The maximum Gasteiger partial charge on any atom is 0.292 e. The second kappa shape index (κ2) is 3.75. The van der Waals surface area contributed by atoms with Crippen LogP contribution in [0.25, 0.3) is 11.3 Å². The lowest BCUT2D eigenvalue weighted by molar-refractivity contribution is 0.530. The molecule has 1 heterocycles. The van der Waals surface area contributed by atoms with E-state index in [9.17, 15) is 0 Å². The standard InChI is InChI=1S/C10H7BrClNO/c1-6-9(13-10(12)14-6)7-4-2-3-5-8(7)11/h2-5H,1H3. The van der Waals surface area contributed by atoms with Gasteiger partial charge in [0.25, 0.3) is 5.35 Å². The van der Waals surface area contributed by atoms with Crippen LogP contribution in [0.3, 0.4) is 0 Å². The highest BCUT2D eigenvalue weighted by Crippen LogP contribution is 2.30. The zero-order valence-corrected chi connectivity index (χ0v) is 9.76. The van der Waals surface area contributed by atoms with E-state index < -0.39 is 0 Å². The molecule has 0 saturated carbocycles. The van der Waals surface area contributed by atoms with E-state index in [-0.39, 0.29) is 5.35 Å². The van der Waals surface area contributed by atoms with Gasteiger partial charge in [0.05, 0.1) is 0 Å². The highest BCUT2D eigenvalue weighted by Gasteiger charge is 2.11. The molecule has 0 fully saturated rings. The third-order valence-corrected chi connectivity index (χ3v) is 2.75. The second-order valence-electron chi connectivity index (χ2n) is 2.85. The van der Waals surface area contributed by atoms with Gasteiger partial charge in [0.1, 0.15) is 11.5 Å². The van der Waals surface area contributed by atoms with E-state index in [0.717, 1.165) is 21.5 Å². The number of aryl methyl sites for hydroxylation is 1. The molecular weight excluding hydrogens is 265 g/mol. The van der Waals surface area contributed by atoms with Crippen LogP contribution in [-0.2, 0) is 0 Å². The van der Waals surface area contributed by atoms with Gasteiger partial charge in [-0.2, -0.15) is 4.98 Å². The summed E-state index contributed by atoms with van der Waals surface area (Å²) in [6.07, 6.45) is 0. The van der Waals surface area contributed by atoms with E-state index in [0.29, 0.717) is 0 Å². The third kappa shape index (κ3) is 1.70. The van der Waals surface area contributed by atoms with Crippen molar-refractivity contribution in [2.45, 2.75) is 6.92 Å². The van der Waals surface area contributed by atoms with Gasteiger partial charge < -0.3 is 4.42 Å². The first-order valence-electron chi connectivity index (χ1n) is 4.06. The molecule has 0 aliphatic rings. The Morgan fingerprint density at radius 2 is 2.07 bits per heavy atom. The van der Waals surface area contributed by atoms with Crippen LogP contribution in [0.5, 0.6) is 0 Å². The summed E-state index contributed by atoms with van der Waals surface area (Å²) in [4.78, 5) is 4.11. The van der Waals surface area contributed by atoms with Gasteiger partial charge in [-0.1, -0.05) is 34.1 Å². The van der Waals surface area contributed by atoms with Gasteiger partial charge in [-0.25, -0.2) is 0 Å². The van der Waals surface area contributed by atoms with Gasteiger partial charge in [-0.05, 0) is 24.6 Å². The Morgan fingerprint density at radius 3 is 2.64 bits per heavy atom. The van der Waals surface area contributed by atoms with Crippen LogP contribution in [-0.4, -0.2) is 4.98 Å². The van der Waals surface area contributed by atoms with Crippen molar-refractivity contribution in [2.24, 2.45) is 0 Å². The molecule has 0 atom stereocenters. The molecule has 2 rings (SSSR count). The summed E-state index contributed by atoms with van der Waals surface area (Å²) in [5.74, 6) is 0.724. The van der Waals surface area contributed by atoms with Gasteiger partial charge in [0.15, 0.2) is 0 Å². The van der Waals surface area contributed by atoms with Crippen LogP contribution < -0.4 is 0 Å². The molecule has 14 heavy (non-hydrogen) atoms. The van der Waals surface area contributed by atoms with Crippen molar-refractivity contribution in [3.8, 4) is 11.3 Å². The predicted molar refractivity (Wildman–Crippen MR) is 59.4 cm³/mol. The zero-order valence-electron chi connectivity index (χ0n) is 7.42. The van der Waals surface area contributed by atoms with Gasteiger partial charge in [-0.3, -0.25) is 0 Å². The molecule has 2 nitrogen and oxygen atoms in total. The number of aromatic nitrogens is 1. The summed E-state index contributed by atoms with van der Waals surface area (Å²) >= 11 is 9.13. The molecule has 0 saturated heterocycles. The van der Waals surface area contributed by atoms with Crippen molar-refractivity contribution >= 4 is 27.5 Å². The summed E-state index contributed by atoms with van der Waals surface area (Å²) in [5, 5.41) is 0.174. The predicted octanol–water partition coefficient (Wildman–Crippen LogP) is 4.07. The van der Waals surface area contributed by atoms with Crippen molar-refractivity contribution < 1.29 is 4.42 Å². The number of halogens is 2. The highest BCUT2D eigenvalue weighted by molar-refractivity contribution is 9.10. The fourth-order valence-electron chi connectivity index (χ4n) is 1.27. The van der Waals surface area contributed by atoms with Crippen LogP contribution in [0.4, 0.5) is 0 Å². The molecule has 1 aromatic carbocycles. The molecule has 0 unspecified atom stereocenters. The minimum atomic E-state index is 0.174. The molecule has 0 radical (unpaired) electrons. The Balaban J connectivity index is 2.60. The average molecular weight is 273 g/mol. The summed E-state index contributed by atoms with van der Waals surface area (Å²) in [7, 11) is 0. The molecular formula is C10H7BrClNO. The van der Waals surface area contributed by atoms with Crippen molar-refractivity contribution in [2.75, 3.05) is 0 Å². The number of nitrogens with zero attached hydrogens (tertiary/aromatic N) is 1. The molecule has 0 N–H and O–H groups in total. The lowest BCUT2D eigenvalue weighted by atomic mass is 10.1. The highest BCUT2D eigenvalue weighted by atomic mass is 79.9. The van der Waals surface area contributed by atoms with Crippen LogP contribution in [0.2, 0.25) is 5.35 Å². The Labute approximate surface area is 95.0 Å². The summed E-state index contributed by atoms with van der Waals surface area (Å²) < 4.78 is 6.14. The second-order valence-corrected chi connectivity index (χ2v) is 4.03. The number of hydrogen-bond acceptors (Lipinski definition) is 2. The van der Waals surface area contributed by atoms with Gasteiger partial charge >= 0.3 is 0 Å². The van der Waals surface area contributed by atoms with E-state index in [1.807, 2.05) is 31.2 Å². The van der Waals surface area contributed by atoms with Gasteiger partial charge in [-0.15, -0.1) is 0 Å². The van der Waals surface area contributed by atoms with Crippen molar-refractivity contribution in [3.05, 3.63) is 39.8 Å². The largest absolute Gasteiger partial charge is 0.432 e. The van der Waals surface area contributed by atoms with E-state index >= 15 is 0 Å². The first-order chi connectivity index (χ1) is 6.68. The van der Waals surface area contributed by atoms with Crippen LogP contribution in [0, 0.1) is 6.92 Å². The minimum Gasteiger partial charge on any atom is -0.432 e.